The van der Waals surface area contributed by atoms with E-state index in [0.29, 0.717) is 10.6 Å². The third-order valence-electron chi connectivity index (χ3n) is 6.03. The van der Waals surface area contributed by atoms with Crippen molar-refractivity contribution in [3.63, 3.8) is 0 Å². The molecule has 2 unspecified atom stereocenters. The molecule has 30 heavy (non-hydrogen) atoms. The van der Waals surface area contributed by atoms with Crippen LogP contribution in [0.3, 0.4) is 0 Å². The number of likely N-dealkylation sites (tertiary alicyclic amines) is 1. The van der Waals surface area contributed by atoms with Gasteiger partial charge in [0.05, 0.1) is 15.5 Å². The number of aryl methyl sites for hydroxylation is 1. The molecule has 3 aromatic carbocycles. The normalized spacial score (nSPS) is 17.9. The van der Waals surface area contributed by atoms with Gasteiger partial charge < -0.3 is 0 Å². The highest BCUT2D eigenvalue weighted by molar-refractivity contribution is 7.92. The first-order chi connectivity index (χ1) is 14.5. The van der Waals surface area contributed by atoms with Crippen LogP contribution in [0, 0.1) is 11.7 Å². The fourth-order valence-electron chi connectivity index (χ4n) is 4.25. The van der Waals surface area contributed by atoms with E-state index < -0.39 is 9.73 Å². The molecule has 1 aliphatic heterocycles. The standard InChI is InChI=1S/C26H30N2OS/c1-21-10-16-25(17-11-21)30(27,29)20-26(28-18-6-3-7-19-28)24-14-12-23(13-15-24)22-8-4-2-5-9-22/h2,4-5,8-17,26-27H,3,6-7,18-20H2,1H3. The fourth-order valence-corrected chi connectivity index (χ4v) is 5.86. The molecule has 3 nitrogen and oxygen atoms in total. The van der Waals surface area contributed by atoms with E-state index in [4.69, 9.17) is 4.78 Å². The zero-order chi connectivity index (χ0) is 21.0. The molecular formula is C26H30N2OS. The summed E-state index contributed by atoms with van der Waals surface area (Å²) in [6.45, 7) is 4.03. The zero-order valence-corrected chi connectivity index (χ0v) is 18.4. The Balaban J connectivity index is 1.63. The van der Waals surface area contributed by atoms with E-state index >= 15 is 0 Å². The first kappa shape index (κ1) is 20.8. The molecule has 1 aliphatic rings. The van der Waals surface area contributed by atoms with Gasteiger partial charge in [0.15, 0.2) is 0 Å². The molecule has 0 aromatic heterocycles. The summed E-state index contributed by atoms with van der Waals surface area (Å²) >= 11 is 0. The molecule has 0 spiro atoms. The lowest BCUT2D eigenvalue weighted by Gasteiger charge is -2.35. The summed E-state index contributed by atoms with van der Waals surface area (Å²) in [4.78, 5) is 3.07. The second-order valence-corrected chi connectivity index (χ2v) is 10.4. The van der Waals surface area contributed by atoms with E-state index in [9.17, 15) is 4.21 Å². The molecule has 0 saturated carbocycles. The molecule has 3 aromatic rings. The van der Waals surface area contributed by atoms with Gasteiger partial charge in [-0.1, -0.05) is 78.7 Å². The van der Waals surface area contributed by atoms with Crippen LogP contribution in [0.1, 0.15) is 36.4 Å². The van der Waals surface area contributed by atoms with Crippen molar-refractivity contribution in [2.45, 2.75) is 37.1 Å². The van der Waals surface area contributed by atoms with Gasteiger partial charge in [-0.3, -0.25) is 4.90 Å². The first-order valence-corrected chi connectivity index (χ1v) is 12.5. The second-order valence-electron chi connectivity index (χ2n) is 8.26. The highest BCUT2D eigenvalue weighted by Crippen LogP contribution is 2.30. The quantitative estimate of drug-likeness (QED) is 0.511. The van der Waals surface area contributed by atoms with Gasteiger partial charge in [-0.05, 0) is 61.7 Å². The van der Waals surface area contributed by atoms with Crippen molar-refractivity contribution in [2.24, 2.45) is 0 Å². The predicted molar refractivity (Wildman–Crippen MR) is 125 cm³/mol. The van der Waals surface area contributed by atoms with Crippen LogP contribution >= 0.6 is 0 Å². The van der Waals surface area contributed by atoms with Gasteiger partial charge in [0.2, 0.25) is 0 Å². The largest absolute Gasteiger partial charge is 0.295 e. The average Bonchev–Trinajstić information content (AvgIpc) is 2.79. The summed E-state index contributed by atoms with van der Waals surface area (Å²) in [5, 5.41) is 0. The van der Waals surface area contributed by atoms with E-state index in [1.807, 2.05) is 37.3 Å². The van der Waals surface area contributed by atoms with Crippen LogP contribution in [0.4, 0.5) is 0 Å². The van der Waals surface area contributed by atoms with Crippen molar-refractivity contribution >= 4 is 9.73 Å². The molecule has 156 valence electrons. The molecule has 2 atom stereocenters. The van der Waals surface area contributed by atoms with Crippen LogP contribution < -0.4 is 0 Å². The smallest absolute Gasteiger partial charge is 0.0744 e. The lowest BCUT2D eigenvalue weighted by molar-refractivity contribution is 0.177. The molecule has 4 rings (SSSR count). The predicted octanol–water partition coefficient (Wildman–Crippen LogP) is 6.29. The van der Waals surface area contributed by atoms with Crippen molar-refractivity contribution in [3.05, 3.63) is 90.0 Å². The highest BCUT2D eigenvalue weighted by Gasteiger charge is 2.27. The average molecular weight is 419 g/mol. The number of nitrogens with one attached hydrogen (secondary N) is 1. The van der Waals surface area contributed by atoms with Gasteiger partial charge in [0.1, 0.15) is 0 Å². The van der Waals surface area contributed by atoms with Crippen molar-refractivity contribution in [1.29, 1.82) is 4.78 Å². The van der Waals surface area contributed by atoms with E-state index in [1.54, 1.807) is 0 Å². The van der Waals surface area contributed by atoms with E-state index in [1.165, 1.54) is 30.4 Å². The minimum Gasteiger partial charge on any atom is -0.295 e. The van der Waals surface area contributed by atoms with Crippen molar-refractivity contribution < 1.29 is 4.21 Å². The third kappa shape index (κ3) is 4.82. The van der Waals surface area contributed by atoms with Crippen LogP contribution in [0.15, 0.2) is 83.8 Å². The van der Waals surface area contributed by atoms with Crippen molar-refractivity contribution in [1.82, 2.24) is 4.90 Å². The summed E-state index contributed by atoms with van der Waals surface area (Å²) in [5.74, 6) is 0.334. The van der Waals surface area contributed by atoms with Crippen LogP contribution in [0.25, 0.3) is 11.1 Å². The number of nitrogens with zero attached hydrogens (tertiary/aromatic N) is 1. The fraction of sp³-hybridized carbons (Fsp3) is 0.308. The van der Waals surface area contributed by atoms with E-state index in [0.717, 1.165) is 24.2 Å². The molecule has 0 radical (unpaired) electrons. The maximum atomic E-state index is 13.5. The number of hydrogen-bond acceptors (Lipinski definition) is 3. The maximum absolute atomic E-state index is 13.5. The molecule has 1 fully saturated rings. The van der Waals surface area contributed by atoms with Gasteiger partial charge in [-0.2, -0.15) is 0 Å². The Morgan fingerprint density at radius 2 is 1.43 bits per heavy atom. The molecule has 0 bridgehead atoms. The minimum absolute atomic E-state index is 0.00132. The minimum atomic E-state index is -2.88. The Labute approximate surface area is 180 Å². The first-order valence-electron chi connectivity index (χ1n) is 10.8. The lowest BCUT2D eigenvalue weighted by Crippen LogP contribution is -2.37. The number of benzene rings is 3. The summed E-state index contributed by atoms with van der Waals surface area (Å²) < 4.78 is 22.2. The highest BCUT2D eigenvalue weighted by atomic mass is 32.2. The Morgan fingerprint density at radius 1 is 0.833 bits per heavy atom. The zero-order valence-electron chi connectivity index (χ0n) is 17.6. The van der Waals surface area contributed by atoms with Crippen LogP contribution in [0.5, 0.6) is 0 Å². The molecule has 0 amide bonds. The third-order valence-corrected chi connectivity index (χ3v) is 7.85. The van der Waals surface area contributed by atoms with Gasteiger partial charge in [-0.15, -0.1) is 0 Å². The Kier molecular flexibility index (Phi) is 6.35. The number of hydrogen-bond donors (Lipinski definition) is 1. The summed E-state index contributed by atoms with van der Waals surface area (Å²) in [6.07, 6.45) is 3.59. The Bertz CT molecular complexity index is 1050. The summed E-state index contributed by atoms with van der Waals surface area (Å²) in [6, 6.07) is 26.6. The van der Waals surface area contributed by atoms with Gasteiger partial charge in [0, 0.05) is 10.9 Å². The molecule has 1 heterocycles. The van der Waals surface area contributed by atoms with Crippen molar-refractivity contribution in [3.8, 4) is 11.1 Å². The van der Waals surface area contributed by atoms with Crippen LogP contribution in [-0.4, -0.2) is 28.0 Å². The van der Waals surface area contributed by atoms with Crippen LogP contribution in [-0.2, 0) is 9.73 Å². The Hall–Kier alpha value is -2.43. The molecular weight excluding hydrogens is 388 g/mol. The molecule has 1 N–H and O–H groups in total. The topological polar surface area (TPSA) is 44.2 Å². The Morgan fingerprint density at radius 3 is 2.07 bits per heavy atom. The monoisotopic (exact) mass is 418 g/mol. The second kappa shape index (κ2) is 9.15. The van der Waals surface area contributed by atoms with Gasteiger partial charge in [-0.25, -0.2) is 8.99 Å². The van der Waals surface area contributed by atoms with E-state index in [2.05, 4.69) is 53.4 Å². The van der Waals surface area contributed by atoms with Gasteiger partial charge >= 0.3 is 0 Å². The van der Waals surface area contributed by atoms with Crippen LogP contribution in [0.2, 0.25) is 0 Å². The number of rotatable bonds is 6. The summed E-state index contributed by atoms with van der Waals surface area (Å²) in [7, 11) is -2.88. The molecule has 4 heteroatoms. The number of piperidine rings is 1. The van der Waals surface area contributed by atoms with Crippen molar-refractivity contribution in [2.75, 3.05) is 18.8 Å². The molecule has 0 aliphatic carbocycles. The lowest BCUT2D eigenvalue weighted by atomic mass is 9.99. The SMILES string of the molecule is Cc1ccc(S(=N)(=O)CC(c2ccc(-c3ccccc3)cc2)N2CCCCC2)cc1. The maximum Gasteiger partial charge on any atom is 0.0744 e. The van der Waals surface area contributed by atoms with Gasteiger partial charge in [0.25, 0.3) is 0 Å². The summed E-state index contributed by atoms with van der Waals surface area (Å²) in [5.41, 5.74) is 4.66. The molecule has 1 saturated heterocycles. The van der Waals surface area contributed by atoms with E-state index in [-0.39, 0.29) is 6.04 Å².